The first-order chi connectivity index (χ1) is 15.0. The van der Waals surface area contributed by atoms with Crippen molar-refractivity contribution < 1.29 is 28.2 Å². The molecule has 0 fully saturated rings. The molecule has 4 N–H and O–H groups in total. The summed E-state index contributed by atoms with van der Waals surface area (Å²) in [6, 6.07) is 0. The van der Waals surface area contributed by atoms with Crippen LogP contribution in [-0.2, 0) is 21.6 Å². The molecule has 180 valence electrons. The molecule has 0 rings (SSSR count). The van der Waals surface area contributed by atoms with E-state index in [2.05, 4.69) is 20.6 Å². The second-order valence-corrected chi connectivity index (χ2v) is 13.1. The Morgan fingerprint density at radius 3 is 2.00 bits per heavy atom. The van der Waals surface area contributed by atoms with Crippen molar-refractivity contribution in [3.8, 4) is 0 Å². The van der Waals surface area contributed by atoms with Crippen LogP contribution in [0.25, 0.3) is 0 Å². The van der Waals surface area contributed by atoms with E-state index in [0.717, 1.165) is 23.5 Å². The van der Waals surface area contributed by atoms with Crippen LogP contribution in [0.4, 0.5) is 9.59 Å². The van der Waals surface area contributed by atoms with Crippen molar-refractivity contribution in [1.29, 1.82) is 0 Å². The number of thioether (sulfide) groups is 5. The Bertz CT molecular complexity index is 612. The smallest absolute Gasteiger partial charge is 0.280 e. The van der Waals surface area contributed by atoms with E-state index in [-0.39, 0.29) is 29.4 Å². The molecule has 2 amide bonds. The number of hydrogen-bond donors (Lipinski definition) is 4. The minimum Gasteiger partial charge on any atom is -0.396 e. The van der Waals surface area contributed by atoms with Crippen molar-refractivity contribution in [1.82, 2.24) is 10.6 Å². The normalized spacial score (nSPS) is 13.5. The van der Waals surface area contributed by atoms with Crippen LogP contribution in [0.2, 0.25) is 0 Å². The summed E-state index contributed by atoms with van der Waals surface area (Å²) >= 11 is 6.18. The van der Waals surface area contributed by atoms with E-state index in [9.17, 15) is 18.0 Å². The maximum atomic E-state index is 11.8. The number of nitrogens with zero attached hydrogens (tertiary/aromatic N) is 2. The average molecular weight is 571 g/mol. The third-order valence-corrected chi connectivity index (χ3v) is 9.09. The Morgan fingerprint density at radius 1 is 0.839 bits per heavy atom. The molecule has 0 aromatic rings. The van der Waals surface area contributed by atoms with Crippen LogP contribution in [0, 0.1) is 0 Å². The van der Waals surface area contributed by atoms with Crippen molar-refractivity contribution in [3.05, 3.63) is 0 Å². The van der Waals surface area contributed by atoms with Crippen molar-refractivity contribution in [2.75, 3.05) is 58.4 Å². The highest BCUT2D eigenvalue weighted by molar-refractivity contribution is 8.27. The molecule has 0 spiro atoms. The fraction of sp³-hybridized carbons (Fsp3) is 0.714. The summed E-state index contributed by atoms with van der Waals surface area (Å²) in [5, 5.41) is 22.9. The summed E-state index contributed by atoms with van der Waals surface area (Å²) in [6.45, 7) is -0.195. The molecule has 0 aliphatic heterocycles. The second kappa shape index (κ2) is 23.4. The van der Waals surface area contributed by atoms with Crippen LogP contribution in [-0.4, -0.2) is 98.6 Å². The molecular formula is C14H26N4O6S7. The van der Waals surface area contributed by atoms with Crippen LogP contribution < -0.4 is 10.6 Å². The summed E-state index contributed by atoms with van der Waals surface area (Å²) in [5.74, 6) is 2.02. The largest absolute Gasteiger partial charge is 0.396 e. The van der Waals surface area contributed by atoms with E-state index in [4.69, 9.17) is 10.2 Å². The summed E-state index contributed by atoms with van der Waals surface area (Å²) in [4.78, 5) is 30.9. The van der Waals surface area contributed by atoms with Gasteiger partial charge in [0.05, 0.1) is 80.3 Å². The maximum absolute atomic E-state index is 11.8. The van der Waals surface area contributed by atoms with Gasteiger partial charge in [-0.15, -0.1) is 35.3 Å². The fourth-order valence-electron chi connectivity index (χ4n) is 1.27. The molecule has 2 atom stereocenters. The molecule has 0 heterocycles. The molecule has 17 heteroatoms. The molecule has 0 bridgehead atoms. The van der Waals surface area contributed by atoms with Gasteiger partial charge in [-0.3, -0.25) is 28.0 Å². The van der Waals surface area contributed by atoms with Gasteiger partial charge in [0.2, 0.25) is 0 Å². The number of carbonyl (C=O) groups excluding carboxylic acids is 2. The zero-order chi connectivity index (χ0) is 23.2. The van der Waals surface area contributed by atoms with Gasteiger partial charge in [-0.05, 0) is 0 Å². The molecule has 0 aromatic heterocycles. The minimum absolute atomic E-state index is 0.0463. The Morgan fingerprint density at radius 2 is 1.42 bits per heavy atom. The molecule has 0 saturated heterocycles. The van der Waals surface area contributed by atoms with Gasteiger partial charge in [0.25, 0.3) is 10.5 Å². The van der Waals surface area contributed by atoms with Crippen LogP contribution in [0.15, 0.2) is 9.98 Å². The fourth-order valence-corrected chi connectivity index (χ4v) is 6.59. The quantitative estimate of drug-likeness (QED) is 0.0816. The number of aliphatic imine (C=N–C) groups is 2. The summed E-state index contributed by atoms with van der Waals surface area (Å²) in [6.07, 6.45) is 0. The van der Waals surface area contributed by atoms with Crippen LogP contribution in [0.5, 0.6) is 0 Å². The zero-order valence-electron chi connectivity index (χ0n) is 16.5. The molecule has 31 heavy (non-hydrogen) atoms. The van der Waals surface area contributed by atoms with E-state index < -0.39 is 21.6 Å². The van der Waals surface area contributed by atoms with Crippen molar-refractivity contribution in [3.63, 3.8) is 0 Å². The van der Waals surface area contributed by atoms with Gasteiger partial charge in [-0.1, -0.05) is 23.5 Å². The third kappa shape index (κ3) is 23.2. The number of aliphatic hydroxyl groups is 2. The molecule has 10 nitrogen and oxygen atoms in total. The molecule has 0 saturated carbocycles. The Labute approximate surface area is 208 Å². The minimum atomic E-state index is -1.26. The summed E-state index contributed by atoms with van der Waals surface area (Å²) < 4.78 is 23.0. The van der Waals surface area contributed by atoms with Gasteiger partial charge >= 0.3 is 0 Å². The van der Waals surface area contributed by atoms with Gasteiger partial charge in [-0.25, -0.2) is 0 Å². The first-order valence-electron chi connectivity index (χ1n) is 8.50. The van der Waals surface area contributed by atoms with Crippen LogP contribution in [0.3, 0.4) is 0 Å². The predicted octanol–water partition coefficient (Wildman–Crippen LogP) is 1.36. The first-order valence-corrected chi connectivity index (χ1v) is 16.7. The Kier molecular flexibility index (Phi) is 23.6. The summed E-state index contributed by atoms with van der Waals surface area (Å²) in [7, 11) is -2.49. The average Bonchev–Trinajstić information content (AvgIpc) is 2.74. The highest BCUT2D eigenvalue weighted by Gasteiger charge is 2.03. The van der Waals surface area contributed by atoms with Gasteiger partial charge in [0, 0.05) is 10.8 Å². The third-order valence-electron chi connectivity index (χ3n) is 2.44. The van der Waals surface area contributed by atoms with E-state index in [1.807, 2.05) is 0 Å². The van der Waals surface area contributed by atoms with E-state index in [1.165, 1.54) is 46.4 Å². The molecule has 0 aliphatic rings. The zero-order valence-corrected chi connectivity index (χ0v) is 22.2. The van der Waals surface area contributed by atoms with Gasteiger partial charge in [0.15, 0.2) is 0 Å². The number of amides is 2. The topological polar surface area (TPSA) is 158 Å². The van der Waals surface area contributed by atoms with Crippen LogP contribution >= 0.6 is 58.8 Å². The SMILES string of the molecule is O=C(NCSC/N=C\S(=O)CSCSC(=O)NCSC/N=C\S(=O)CCO)SCCO. The van der Waals surface area contributed by atoms with E-state index in [1.54, 1.807) is 0 Å². The number of rotatable bonds is 18. The monoisotopic (exact) mass is 570 g/mol. The standard InChI is InChI=1S/C14H26N4O6S7/c19-1-3-28-13(21)17-7-26-6-16-10-31(24)12-27-11-29-14(22)18-8-25-5-15-9-30(23)4-2-20/h9-10,19-20H,1-8,11-12H2,(H,17,21)(H,18,22)/b15-9-,16-10-. The van der Waals surface area contributed by atoms with Gasteiger partial charge in [-0.2, -0.15) is 0 Å². The number of nitrogens with one attached hydrogen (secondary N) is 2. The highest BCUT2D eigenvalue weighted by Crippen LogP contribution is 2.14. The van der Waals surface area contributed by atoms with Gasteiger partial charge < -0.3 is 20.8 Å². The molecular weight excluding hydrogens is 545 g/mol. The molecule has 2 unspecified atom stereocenters. The number of hydrogen-bond acceptors (Lipinski definition) is 13. The maximum Gasteiger partial charge on any atom is 0.280 e. The predicted molar refractivity (Wildman–Crippen MR) is 141 cm³/mol. The second-order valence-electron chi connectivity index (χ2n) is 4.81. The lowest BCUT2D eigenvalue weighted by atomic mass is 10.9. The Hall–Kier alpha value is 0.250. The lowest BCUT2D eigenvalue weighted by molar-refractivity contribution is 0.261. The van der Waals surface area contributed by atoms with Crippen molar-refractivity contribution >= 4 is 102 Å². The molecule has 0 aliphatic carbocycles. The van der Waals surface area contributed by atoms with E-state index in [0.29, 0.717) is 39.4 Å². The number of carbonyl (C=O) groups is 2. The van der Waals surface area contributed by atoms with Crippen molar-refractivity contribution in [2.45, 2.75) is 0 Å². The Balaban J connectivity index is 3.58. The lowest BCUT2D eigenvalue weighted by Gasteiger charge is -2.03. The highest BCUT2D eigenvalue weighted by atomic mass is 32.2. The first kappa shape index (κ1) is 31.2. The van der Waals surface area contributed by atoms with Gasteiger partial charge in [0.1, 0.15) is 0 Å². The van der Waals surface area contributed by atoms with Crippen molar-refractivity contribution in [2.24, 2.45) is 9.98 Å². The summed E-state index contributed by atoms with van der Waals surface area (Å²) in [5.41, 5.74) is 2.65. The molecule has 0 aromatic carbocycles. The van der Waals surface area contributed by atoms with E-state index >= 15 is 0 Å². The number of aliphatic hydroxyl groups excluding tert-OH is 2. The molecule has 0 radical (unpaired) electrons. The van der Waals surface area contributed by atoms with Crippen LogP contribution in [0.1, 0.15) is 0 Å². The lowest BCUT2D eigenvalue weighted by Crippen LogP contribution is -2.18.